The minimum Gasteiger partial charge on any atom is -0.295 e. The van der Waals surface area contributed by atoms with Crippen molar-refractivity contribution in [2.24, 2.45) is 0 Å². The fourth-order valence-electron chi connectivity index (χ4n) is 1.25. The maximum Gasteiger partial charge on any atom is 0.195 e. The molecule has 13 heavy (non-hydrogen) atoms. The zero-order chi connectivity index (χ0) is 9.68. The smallest absolute Gasteiger partial charge is 0.195 e. The molecule has 1 aromatic rings. The molecule has 0 heterocycles. The largest absolute Gasteiger partial charge is 0.295 e. The van der Waals surface area contributed by atoms with Gasteiger partial charge in [0, 0.05) is 6.42 Å². The molecule has 0 bridgehead atoms. The Hall–Kier alpha value is -1.44. The van der Waals surface area contributed by atoms with Gasteiger partial charge in [0.25, 0.3) is 0 Å². The summed E-state index contributed by atoms with van der Waals surface area (Å²) >= 11 is 0. The van der Waals surface area contributed by atoms with Crippen molar-refractivity contribution in [3.8, 4) is 0 Å². The van der Waals surface area contributed by atoms with E-state index in [0.29, 0.717) is 12.7 Å². The number of benzene rings is 1. The second kappa shape index (κ2) is 4.55. The van der Waals surface area contributed by atoms with Crippen LogP contribution in [0.2, 0.25) is 0 Å². The van der Waals surface area contributed by atoms with E-state index >= 15 is 0 Å². The van der Waals surface area contributed by atoms with Crippen molar-refractivity contribution in [3.05, 3.63) is 35.9 Å². The third-order valence-electron chi connectivity index (χ3n) is 2.01. The Morgan fingerprint density at radius 3 is 2.54 bits per heavy atom. The van der Waals surface area contributed by atoms with Gasteiger partial charge in [-0.2, -0.15) is 0 Å². The molecule has 0 aliphatic heterocycles. The van der Waals surface area contributed by atoms with E-state index in [4.69, 9.17) is 0 Å². The summed E-state index contributed by atoms with van der Waals surface area (Å²) in [6, 6.07) is 9.71. The minimum atomic E-state index is -0.337. The quantitative estimate of drug-likeness (QED) is 0.519. The Morgan fingerprint density at radius 2 is 2.00 bits per heavy atom. The summed E-state index contributed by atoms with van der Waals surface area (Å²) in [5.41, 5.74) is 1.10. The second-order valence-electron chi connectivity index (χ2n) is 3.10. The van der Waals surface area contributed by atoms with Crippen LogP contribution in [0, 0.1) is 0 Å². The topological polar surface area (TPSA) is 34.1 Å². The molecule has 1 rings (SSSR count). The molecular weight excluding hydrogens is 164 g/mol. The lowest BCUT2D eigenvalue weighted by Gasteiger charge is -2.07. The first kappa shape index (κ1) is 9.65. The highest BCUT2D eigenvalue weighted by molar-refractivity contribution is 6.25. The van der Waals surface area contributed by atoms with Crippen LogP contribution >= 0.6 is 0 Å². The Morgan fingerprint density at radius 1 is 1.38 bits per heavy atom. The number of Topliss-reactive ketones (excluding diaryl/α,β-unsaturated/α-hetero) is 1. The highest BCUT2D eigenvalue weighted by Gasteiger charge is 2.09. The first-order chi connectivity index (χ1) is 6.24. The van der Waals surface area contributed by atoms with Crippen molar-refractivity contribution < 1.29 is 9.59 Å². The van der Waals surface area contributed by atoms with E-state index in [9.17, 15) is 9.59 Å². The summed E-state index contributed by atoms with van der Waals surface area (Å²) in [5, 5.41) is 0. The normalized spacial score (nSPS) is 12.1. The van der Waals surface area contributed by atoms with E-state index < -0.39 is 0 Å². The van der Waals surface area contributed by atoms with Gasteiger partial charge in [0.1, 0.15) is 0 Å². The van der Waals surface area contributed by atoms with Gasteiger partial charge in [0.2, 0.25) is 0 Å². The van der Waals surface area contributed by atoms with Gasteiger partial charge in [0.15, 0.2) is 12.1 Å². The molecule has 1 atom stereocenters. The number of hydrogen-bond acceptors (Lipinski definition) is 2. The number of ketones is 1. The van der Waals surface area contributed by atoms with Crippen molar-refractivity contribution in [1.82, 2.24) is 0 Å². The molecule has 1 unspecified atom stereocenters. The third kappa shape index (κ3) is 2.82. The summed E-state index contributed by atoms with van der Waals surface area (Å²) in [5.74, 6) is -0.213. The van der Waals surface area contributed by atoms with Gasteiger partial charge in [-0.3, -0.25) is 9.59 Å². The Kier molecular flexibility index (Phi) is 3.38. The molecule has 0 fully saturated rings. The lowest BCUT2D eigenvalue weighted by molar-refractivity contribution is -0.130. The van der Waals surface area contributed by atoms with Gasteiger partial charge < -0.3 is 0 Å². The SMILES string of the molecule is CC(CC(=O)C=O)c1ccccc1. The fraction of sp³-hybridized carbons (Fsp3) is 0.273. The van der Waals surface area contributed by atoms with Crippen molar-refractivity contribution in [1.29, 1.82) is 0 Å². The Labute approximate surface area is 77.6 Å². The van der Waals surface area contributed by atoms with Crippen molar-refractivity contribution in [3.63, 3.8) is 0 Å². The van der Waals surface area contributed by atoms with Gasteiger partial charge >= 0.3 is 0 Å². The third-order valence-corrected chi connectivity index (χ3v) is 2.01. The summed E-state index contributed by atoms with van der Waals surface area (Å²) in [6.45, 7) is 1.94. The van der Waals surface area contributed by atoms with Crippen LogP contribution in [0.3, 0.4) is 0 Å². The van der Waals surface area contributed by atoms with Crippen LogP contribution in [0.1, 0.15) is 24.8 Å². The lowest BCUT2D eigenvalue weighted by atomic mass is 9.96. The summed E-state index contributed by atoms with van der Waals surface area (Å²) in [4.78, 5) is 20.9. The Bertz CT molecular complexity index is 290. The van der Waals surface area contributed by atoms with Gasteiger partial charge in [-0.1, -0.05) is 37.3 Å². The predicted molar refractivity (Wildman–Crippen MR) is 50.5 cm³/mol. The first-order valence-electron chi connectivity index (χ1n) is 4.27. The predicted octanol–water partition coefficient (Wildman–Crippen LogP) is 1.95. The first-order valence-corrected chi connectivity index (χ1v) is 4.27. The second-order valence-corrected chi connectivity index (χ2v) is 3.10. The fourth-order valence-corrected chi connectivity index (χ4v) is 1.25. The molecule has 0 saturated heterocycles. The van der Waals surface area contributed by atoms with Gasteiger partial charge in [-0.25, -0.2) is 0 Å². The van der Waals surface area contributed by atoms with E-state index in [1.54, 1.807) is 0 Å². The molecule has 0 aliphatic rings. The molecule has 0 aromatic heterocycles. The maximum atomic E-state index is 10.8. The van der Waals surface area contributed by atoms with Crippen molar-refractivity contribution in [2.75, 3.05) is 0 Å². The van der Waals surface area contributed by atoms with Crippen molar-refractivity contribution in [2.45, 2.75) is 19.3 Å². The van der Waals surface area contributed by atoms with E-state index in [1.165, 1.54) is 0 Å². The highest BCUT2D eigenvalue weighted by atomic mass is 16.2. The molecule has 0 saturated carbocycles. The number of carbonyl (C=O) groups is 2. The monoisotopic (exact) mass is 176 g/mol. The van der Waals surface area contributed by atoms with Crippen molar-refractivity contribution >= 4 is 12.1 Å². The maximum absolute atomic E-state index is 10.8. The average Bonchev–Trinajstić information content (AvgIpc) is 2.19. The van der Waals surface area contributed by atoms with E-state index in [1.807, 2.05) is 37.3 Å². The number of rotatable bonds is 4. The molecule has 2 heteroatoms. The van der Waals surface area contributed by atoms with Crippen LogP contribution in [0.15, 0.2) is 30.3 Å². The average molecular weight is 176 g/mol. The molecule has 0 spiro atoms. The van der Waals surface area contributed by atoms with Crippen LogP contribution in [0.25, 0.3) is 0 Å². The molecule has 68 valence electrons. The number of hydrogen-bond donors (Lipinski definition) is 0. The van der Waals surface area contributed by atoms with Gasteiger partial charge in [0.05, 0.1) is 0 Å². The summed E-state index contributed by atoms with van der Waals surface area (Å²) in [7, 11) is 0. The van der Waals surface area contributed by atoms with E-state index in [-0.39, 0.29) is 11.7 Å². The van der Waals surface area contributed by atoms with Crippen LogP contribution in [-0.4, -0.2) is 12.1 Å². The molecule has 0 amide bonds. The molecule has 1 aromatic carbocycles. The highest BCUT2D eigenvalue weighted by Crippen LogP contribution is 2.17. The molecule has 0 radical (unpaired) electrons. The molecular formula is C11H12O2. The van der Waals surface area contributed by atoms with Crippen LogP contribution in [-0.2, 0) is 9.59 Å². The molecule has 2 nitrogen and oxygen atoms in total. The standard InChI is InChI=1S/C11H12O2/c1-9(7-11(13)8-12)10-5-3-2-4-6-10/h2-6,8-9H,7H2,1H3. The molecule has 0 aliphatic carbocycles. The molecule has 0 N–H and O–H groups in total. The number of aldehydes is 1. The van der Waals surface area contributed by atoms with E-state index in [2.05, 4.69) is 0 Å². The lowest BCUT2D eigenvalue weighted by Crippen LogP contribution is -2.04. The van der Waals surface area contributed by atoms with Crippen LogP contribution in [0.4, 0.5) is 0 Å². The van der Waals surface area contributed by atoms with Gasteiger partial charge in [-0.05, 0) is 11.5 Å². The summed E-state index contributed by atoms with van der Waals surface area (Å²) < 4.78 is 0. The minimum absolute atomic E-state index is 0.124. The van der Waals surface area contributed by atoms with Gasteiger partial charge in [-0.15, -0.1) is 0 Å². The number of carbonyl (C=O) groups excluding carboxylic acids is 2. The van der Waals surface area contributed by atoms with Crippen LogP contribution < -0.4 is 0 Å². The van der Waals surface area contributed by atoms with Crippen LogP contribution in [0.5, 0.6) is 0 Å². The summed E-state index contributed by atoms with van der Waals surface area (Å²) in [6.07, 6.45) is 0.687. The zero-order valence-electron chi connectivity index (χ0n) is 7.57. The Balaban J connectivity index is 2.63. The van der Waals surface area contributed by atoms with E-state index in [0.717, 1.165) is 5.56 Å². The zero-order valence-corrected chi connectivity index (χ0v) is 7.57.